The minimum Gasteiger partial charge on any atom is -0.495 e. The summed E-state index contributed by atoms with van der Waals surface area (Å²) in [6.07, 6.45) is 3.00. The zero-order valence-corrected chi connectivity index (χ0v) is 15.0. The summed E-state index contributed by atoms with van der Waals surface area (Å²) in [5, 5.41) is 5.97. The SMILES string of the molecule is COc1ccc(-c2csc(NC(=O)[C@@H]3CCC[C@@H]3CN)n2)cc1Cl. The van der Waals surface area contributed by atoms with Crippen molar-refractivity contribution in [3.8, 4) is 17.0 Å². The van der Waals surface area contributed by atoms with E-state index >= 15 is 0 Å². The standard InChI is InChI=1S/C17H20ClN3O2S/c1-23-15-6-5-10(7-13(15)18)14-9-24-17(20-14)21-16(22)12-4-2-3-11(12)8-19/h5-7,9,11-12H,2-4,8,19H2,1H3,(H,20,21,22)/t11-,12-/m1/s1. The van der Waals surface area contributed by atoms with Crippen LogP contribution in [-0.4, -0.2) is 24.5 Å². The summed E-state index contributed by atoms with van der Waals surface area (Å²) in [6, 6.07) is 5.51. The first-order valence-electron chi connectivity index (χ1n) is 7.92. The third-order valence-electron chi connectivity index (χ3n) is 4.48. The Kier molecular flexibility index (Phi) is 5.38. The number of halogens is 1. The highest BCUT2D eigenvalue weighted by Gasteiger charge is 2.32. The minimum atomic E-state index is -0.00205. The van der Waals surface area contributed by atoms with Gasteiger partial charge in [0.25, 0.3) is 0 Å². The molecule has 1 aromatic carbocycles. The summed E-state index contributed by atoms with van der Waals surface area (Å²) in [5.41, 5.74) is 7.42. The Bertz CT molecular complexity index is 734. The van der Waals surface area contributed by atoms with Crippen LogP contribution in [0.2, 0.25) is 5.02 Å². The van der Waals surface area contributed by atoms with Crippen LogP contribution in [0.15, 0.2) is 23.6 Å². The van der Waals surface area contributed by atoms with E-state index in [9.17, 15) is 4.79 Å². The van der Waals surface area contributed by atoms with Gasteiger partial charge in [-0.2, -0.15) is 0 Å². The van der Waals surface area contributed by atoms with Crippen LogP contribution in [-0.2, 0) is 4.79 Å². The molecule has 0 aliphatic heterocycles. The van der Waals surface area contributed by atoms with Crippen LogP contribution in [0.4, 0.5) is 5.13 Å². The van der Waals surface area contributed by atoms with Crippen molar-refractivity contribution in [3.05, 3.63) is 28.6 Å². The Morgan fingerprint density at radius 3 is 3.04 bits per heavy atom. The summed E-state index contributed by atoms with van der Waals surface area (Å²) in [6.45, 7) is 0.561. The summed E-state index contributed by atoms with van der Waals surface area (Å²) < 4.78 is 5.15. The number of amides is 1. The molecule has 128 valence electrons. The average molecular weight is 366 g/mol. The van der Waals surface area contributed by atoms with E-state index in [1.807, 2.05) is 17.5 Å². The summed E-state index contributed by atoms with van der Waals surface area (Å²) in [7, 11) is 1.58. The molecule has 5 nitrogen and oxygen atoms in total. The summed E-state index contributed by atoms with van der Waals surface area (Å²) >= 11 is 7.57. The van der Waals surface area contributed by atoms with Crippen molar-refractivity contribution in [2.75, 3.05) is 19.0 Å². The number of nitrogens with zero attached hydrogens (tertiary/aromatic N) is 1. The van der Waals surface area contributed by atoms with E-state index in [1.54, 1.807) is 13.2 Å². The van der Waals surface area contributed by atoms with Gasteiger partial charge in [-0.3, -0.25) is 4.79 Å². The third kappa shape index (κ3) is 3.55. The van der Waals surface area contributed by atoms with Crippen LogP contribution in [0.3, 0.4) is 0 Å². The van der Waals surface area contributed by atoms with Gasteiger partial charge in [0.1, 0.15) is 5.75 Å². The lowest BCUT2D eigenvalue weighted by Crippen LogP contribution is -2.29. The molecule has 1 saturated carbocycles. The highest BCUT2D eigenvalue weighted by atomic mass is 35.5. The molecule has 0 saturated heterocycles. The number of carbonyl (C=O) groups excluding carboxylic acids is 1. The molecule has 1 aromatic heterocycles. The molecule has 0 spiro atoms. The molecule has 2 aromatic rings. The van der Waals surface area contributed by atoms with Crippen molar-refractivity contribution >= 4 is 34.0 Å². The molecule has 7 heteroatoms. The fraction of sp³-hybridized carbons (Fsp3) is 0.412. The largest absolute Gasteiger partial charge is 0.495 e. The number of hydrogen-bond acceptors (Lipinski definition) is 5. The van der Waals surface area contributed by atoms with E-state index in [0.29, 0.717) is 22.4 Å². The van der Waals surface area contributed by atoms with E-state index in [2.05, 4.69) is 10.3 Å². The van der Waals surface area contributed by atoms with Gasteiger partial charge in [-0.25, -0.2) is 4.98 Å². The number of aromatic nitrogens is 1. The molecule has 1 aliphatic rings. The molecule has 24 heavy (non-hydrogen) atoms. The predicted molar refractivity (Wildman–Crippen MR) is 97.6 cm³/mol. The fourth-order valence-corrected chi connectivity index (χ4v) is 4.13. The van der Waals surface area contributed by atoms with Crippen molar-refractivity contribution in [1.29, 1.82) is 0 Å². The number of anilines is 1. The van der Waals surface area contributed by atoms with Crippen molar-refractivity contribution in [1.82, 2.24) is 4.98 Å². The highest BCUT2D eigenvalue weighted by molar-refractivity contribution is 7.14. The first kappa shape index (κ1) is 17.2. The predicted octanol–water partition coefficient (Wildman–Crippen LogP) is 3.79. The van der Waals surface area contributed by atoms with Crippen LogP contribution in [0.25, 0.3) is 11.3 Å². The molecule has 0 radical (unpaired) electrons. The normalized spacial score (nSPS) is 20.1. The van der Waals surface area contributed by atoms with Gasteiger partial charge in [0.05, 0.1) is 17.8 Å². The Morgan fingerprint density at radius 2 is 2.33 bits per heavy atom. The number of nitrogens with one attached hydrogen (secondary N) is 1. The monoisotopic (exact) mass is 365 g/mol. The molecule has 2 atom stereocenters. The summed E-state index contributed by atoms with van der Waals surface area (Å²) in [5.74, 6) is 0.928. The van der Waals surface area contributed by atoms with Gasteiger partial charge in [0, 0.05) is 16.9 Å². The summed E-state index contributed by atoms with van der Waals surface area (Å²) in [4.78, 5) is 16.9. The maximum atomic E-state index is 12.4. The zero-order valence-electron chi connectivity index (χ0n) is 13.4. The van der Waals surface area contributed by atoms with Crippen molar-refractivity contribution < 1.29 is 9.53 Å². The second-order valence-electron chi connectivity index (χ2n) is 5.91. The van der Waals surface area contributed by atoms with E-state index in [1.165, 1.54) is 11.3 Å². The molecule has 3 N–H and O–H groups in total. The Hall–Kier alpha value is -1.63. The first-order valence-corrected chi connectivity index (χ1v) is 9.18. The third-order valence-corrected chi connectivity index (χ3v) is 5.53. The van der Waals surface area contributed by atoms with E-state index in [-0.39, 0.29) is 17.7 Å². The number of ether oxygens (including phenoxy) is 1. The van der Waals surface area contributed by atoms with Gasteiger partial charge in [-0.1, -0.05) is 18.0 Å². The van der Waals surface area contributed by atoms with Crippen LogP contribution < -0.4 is 15.8 Å². The van der Waals surface area contributed by atoms with Crippen LogP contribution in [0.1, 0.15) is 19.3 Å². The fourth-order valence-electron chi connectivity index (χ4n) is 3.15. The van der Waals surface area contributed by atoms with Crippen LogP contribution >= 0.6 is 22.9 Å². The van der Waals surface area contributed by atoms with E-state index < -0.39 is 0 Å². The number of rotatable bonds is 5. The second kappa shape index (κ2) is 7.51. The second-order valence-corrected chi connectivity index (χ2v) is 7.17. The Balaban J connectivity index is 1.71. The lowest BCUT2D eigenvalue weighted by Gasteiger charge is -2.16. The molecule has 1 aliphatic carbocycles. The molecular formula is C17H20ClN3O2S. The smallest absolute Gasteiger partial charge is 0.229 e. The zero-order chi connectivity index (χ0) is 17.1. The highest BCUT2D eigenvalue weighted by Crippen LogP contribution is 2.34. The van der Waals surface area contributed by atoms with Crippen molar-refractivity contribution in [2.45, 2.75) is 19.3 Å². The van der Waals surface area contributed by atoms with E-state index in [0.717, 1.165) is 30.5 Å². The number of benzene rings is 1. The number of methoxy groups -OCH3 is 1. The number of nitrogens with two attached hydrogens (primary N) is 1. The molecule has 1 heterocycles. The van der Waals surface area contributed by atoms with Crippen molar-refractivity contribution in [2.24, 2.45) is 17.6 Å². The number of thiazole rings is 1. The van der Waals surface area contributed by atoms with Gasteiger partial charge >= 0.3 is 0 Å². The van der Waals surface area contributed by atoms with Gasteiger partial charge < -0.3 is 15.8 Å². The maximum absolute atomic E-state index is 12.4. The van der Waals surface area contributed by atoms with Crippen LogP contribution in [0.5, 0.6) is 5.75 Å². The lowest BCUT2D eigenvalue weighted by atomic mass is 9.95. The average Bonchev–Trinajstić information content (AvgIpc) is 3.23. The maximum Gasteiger partial charge on any atom is 0.229 e. The van der Waals surface area contributed by atoms with Gasteiger partial charge in [0.2, 0.25) is 5.91 Å². The van der Waals surface area contributed by atoms with E-state index in [4.69, 9.17) is 22.1 Å². The van der Waals surface area contributed by atoms with Gasteiger partial charge in [-0.15, -0.1) is 11.3 Å². The Morgan fingerprint density at radius 1 is 1.50 bits per heavy atom. The lowest BCUT2D eigenvalue weighted by molar-refractivity contribution is -0.120. The number of carbonyl (C=O) groups is 1. The molecular weight excluding hydrogens is 346 g/mol. The minimum absolute atomic E-state index is 0.00205. The topological polar surface area (TPSA) is 77.2 Å². The molecule has 3 rings (SSSR count). The van der Waals surface area contributed by atoms with Crippen molar-refractivity contribution in [3.63, 3.8) is 0 Å². The quantitative estimate of drug-likeness (QED) is 0.845. The molecule has 1 amide bonds. The van der Waals surface area contributed by atoms with Gasteiger partial charge in [0.15, 0.2) is 5.13 Å². The van der Waals surface area contributed by atoms with Gasteiger partial charge in [-0.05, 0) is 43.5 Å². The number of hydrogen-bond donors (Lipinski definition) is 2. The Labute approximate surface area is 150 Å². The molecule has 1 fully saturated rings. The first-order chi connectivity index (χ1) is 11.6. The molecule has 0 bridgehead atoms. The van der Waals surface area contributed by atoms with Crippen LogP contribution in [0, 0.1) is 11.8 Å². The molecule has 0 unspecified atom stereocenters.